The first kappa shape index (κ1) is 16.2. The van der Waals surface area contributed by atoms with Crippen molar-refractivity contribution in [3.63, 3.8) is 0 Å². The molecule has 0 radical (unpaired) electrons. The minimum Gasteiger partial charge on any atom is -0.466 e. The molecule has 1 aliphatic heterocycles. The number of furan rings is 1. The number of likely N-dealkylation sites (tertiary alicyclic amines) is 1. The maximum absolute atomic E-state index is 10.5. The van der Waals surface area contributed by atoms with Gasteiger partial charge in [-0.2, -0.15) is 0 Å². The van der Waals surface area contributed by atoms with Gasteiger partial charge in [-0.25, -0.2) is 0 Å². The van der Waals surface area contributed by atoms with E-state index in [-0.39, 0.29) is 0 Å². The van der Waals surface area contributed by atoms with E-state index in [9.17, 15) is 5.11 Å². The van der Waals surface area contributed by atoms with Crippen molar-refractivity contribution in [1.29, 1.82) is 0 Å². The molecule has 5 nitrogen and oxygen atoms in total. The molecule has 0 aromatic carbocycles. The van der Waals surface area contributed by atoms with Crippen LogP contribution in [0.2, 0.25) is 0 Å². The lowest BCUT2D eigenvalue weighted by Gasteiger charge is -2.34. The van der Waals surface area contributed by atoms with E-state index in [4.69, 9.17) is 4.42 Å². The molecule has 0 bridgehead atoms. The molecule has 0 spiro atoms. The third kappa shape index (κ3) is 4.41. The van der Waals surface area contributed by atoms with Crippen LogP contribution in [0, 0.1) is 0 Å². The topological polar surface area (TPSA) is 61.5 Å². The second kappa shape index (κ2) is 7.25. The molecule has 1 aliphatic rings. The van der Waals surface area contributed by atoms with Crippen LogP contribution in [0.1, 0.15) is 31.1 Å². The minimum absolute atomic E-state index is 0.446. The van der Waals surface area contributed by atoms with Crippen molar-refractivity contribution in [3.05, 3.63) is 54.2 Å². The number of pyridine rings is 1. The van der Waals surface area contributed by atoms with Gasteiger partial charge in [0.05, 0.1) is 6.26 Å². The molecule has 5 heteroatoms. The molecule has 1 unspecified atom stereocenters. The maximum Gasteiger partial charge on any atom is 0.136 e. The van der Waals surface area contributed by atoms with Gasteiger partial charge in [-0.15, -0.1) is 0 Å². The van der Waals surface area contributed by atoms with Crippen molar-refractivity contribution in [2.24, 2.45) is 0 Å². The van der Waals surface area contributed by atoms with Crippen molar-refractivity contribution >= 4 is 0 Å². The van der Waals surface area contributed by atoms with Gasteiger partial charge >= 0.3 is 0 Å². The van der Waals surface area contributed by atoms with Crippen LogP contribution in [-0.2, 0) is 12.1 Å². The van der Waals surface area contributed by atoms with Gasteiger partial charge in [-0.05, 0) is 56.6 Å². The third-order valence-electron chi connectivity index (χ3n) is 4.50. The molecule has 2 aromatic rings. The van der Waals surface area contributed by atoms with Gasteiger partial charge in [0.1, 0.15) is 11.4 Å². The second-order valence-corrected chi connectivity index (χ2v) is 6.54. The number of nitrogens with one attached hydrogen (secondary N) is 1. The van der Waals surface area contributed by atoms with Crippen LogP contribution in [0.3, 0.4) is 0 Å². The summed E-state index contributed by atoms with van der Waals surface area (Å²) < 4.78 is 5.32. The summed E-state index contributed by atoms with van der Waals surface area (Å²) in [6.07, 6.45) is 7.53. The Hall–Kier alpha value is -1.69. The average Bonchev–Trinajstić information content (AvgIpc) is 3.11. The summed E-state index contributed by atoms with van der Waals surface area (Å²) in [6, 6.07) is 8.18. The molecule has 2 aromatic heterocycles. The molecule has 0 saturated carbocycles. The van der Waals surface area contributed by atoms with E-state index in [1.807, 2.05) is 24.5 Å². The summed E-state index contributed by atoms with van der Waals surface area (Å²) in [5, 5.41) is 14.0. The fourth-order valence-corrected chi connectivity index (χ4v) is 3.06. The molecular weight excluding hydrogens is 290 g/mol. The highest BCUT2D eigenvalue weighted by Gasteiger charge is 2.28. The highest BCUT2D eigenvalue weighted by Crippen LogP contribution is 2.21. The van der Waals surface area contributed by atoms with Crippen LogP contribution >= 0.6 is 0 Å². The lowest BCUT2D eigenvalue weighted by molar-refractivity contribution is 0.0287. The fourth-order valence-electron chi connectivity index (χ4n) is 3.06. The number of aromatic nitrogens is 1. The van der Waals surface area contributed by atoms with Crippen molar-refractivity contribution in [2.75, 3.05) is 19.6 Å². The van der Waals surface area contributed by atoms with Gasteiger partial charge in [0.2, 0.25) is 0 Å². The Morgan fingerprint density at radius 2 is 2.17 bits per heavy atom. The van der Waals surface area contributed by atoms with Crippen molar-refractivity contribution in [3.8, 4) is 0 Å². The highest BCUT2D eigenvalue weighted by atomic mass is 16.4. The summed E-state index contributed by atoms with van der Waals surface area (Å²) >= 11 is 0. The van der Waals surface area contributed by atoms with E-state index in [0.29, 0.717) is 18.3 Å². The summed E-state index contributed by atoms with van der Waals surface area (Å²) in [5.74, 6) is 0.610. The van der Waals surface area contributed by atoms with Crippen molar-refractivity contribution < 1.29 is 9.52 Å². The quantitative estimate of drug-likeness (QED) is 0.855. The highest BCUT2D eigenvalue weighted by molar-refractivity contribution is 5.09. The Bertz CT molecular complexity index is 576. The zero-order chi connectivity index (χ0) is 16.1. The number of nitrogens with zero attached hydrogens (tertiary/aromatic N) is 2. The Morgan fingerprint density at radius 3 is 2.83 bits per heavy atom. The molecule has 1 fully saturated rings. The fraction of sp³-hybridized carbons (Fsp3) is 0.500. The first-order valence-corrected chi connectivity index (χ1v) is 8.24. The molecule has 0 aliphatic carbocycles. The SMILES string of the molecule is CC(O)(CNC1CCN(Cc2cccnc2)CC1)c1ccco1. The molecule has 3 rings (SSSR count). The van der Waals surface area contributed by atoms with Gasteiger partial charge in [-0.3, -0.25) is 9.88 Å². The monoisotopic (exact) mass is 315 g/mol. The summed E-state index contributed by atoms with van der Waals surface area (Å²) in [4.78, 5) is 6.63. The van der Waals surface area contributed by atoms with E-state index in [0.717, 1.165) is 32.5 Å². The van der Waals surface area contributed by atoms with Gasteiger partial charge < -0.3 is 14.8 Å². The predicted molar refractivity (Wildman–Crippen MR) is 88.8 cm³/mol. The first-order valence-electron chi connectivity index (χ1n) is 8.24. The Morgan fingerprint density at radius 1 is 1.35 bits per heavy atom. The van der Waals surface area contributed by atoms with Gasteiger partial charge in [-0.1, -0.05) is 6.07 Å². The van der Waals surface area contributed by atoms with Crippen LogP contribution in [0.25, 0.3) is 0 Å². The maximum atomic E-state index is 10.5. The van der Waals surface area contributed by atoms with Crippen LogP contribution in [-0.4, -0.2) is 40.7 Å². The molecule has 124 valence electrons. The lowest BCUT2D eigenvalue weighted by atomic mass is 10.0. The molecule has 0 amide bonds. The van der Waals surface area contributed by atoms with Gasteiger partial charge in [0, 0.05) is 31.5 Å². The summed E-state index contributed by atoms with van der Waals surface area (Å²) in [5.41, 5.74) is 0.302. The molecule has 2 N–H and O–H groups in total. The van der Waals surface area contributed by atoms with Crippen LogP contribution in [0.5, 0.6) is 0 Å². The first-order chi connectivity index (χ1) is 11.1. The largest absolute Gasteiger partial charge is 0.466 e. The van der Waals surface area contributed by atoms with E-state index < -0.39 is 5.60 Å². The van der Waals surface area contributed by atoms with Crippen molar-refractivity contribution in [2.45, 2.75) is 38.0 Å². The average molecular weight is 315 g/mol. The molecule has 1 saturated heterocycles. The van der Waals surface area contributed by atoms with E-state index >= 15 is 0 Å². The number of hydrogen-bond donors (Lipinski definition) is 2. The van der Waals surface area contributed by atoms with Gasteiger partial charge in [0.15, 0.2) is 0 Å². The number of hydrogen-bond acceptors (Lipinski definition) is 5. The van der Waals surface area contributed by atoms with E-state index in [2.05, 4.69) is 21.3 Å². The van der Waals surface area contributed by atoms with E-state index in [1.165, 1.54) is 5.56 Å². The molecular formula is C18H25N3O2. The zero-order valence-electron chi connectivity index (χ0n) is 13.6. The zero-order valence-corrected chi connectivity index (χ0v) is 13.6. The standard InChI is InChI=1S/C18H25N3O2/c1-18(22,17-5-3-11-23-17)14-20-16-6-9-21(10-7-16)13-15-4-2-8-19-12-15/h2-5,8,11-12,16,20,22H,6-7,9-10,13-14H2,1H3. The lowest BCUT2D eigenvalue weighted by Crippen LogP contribution is -2.46. The number of piperidine rings is 1. The minimum atomic E-state index is -0.962. The number of aliphatic hydroxyl groups is 1. The van der Waals surface area contributed by atoms with Crippen molar-refractivity contribution in [1.82, 2.24) is 15.2 Å². The van der Waals surface area contributed by atoms with Crippen LogP contribution in [0.4, 0.5) is 0 Å². The third-order valence-corrected chi connectivity index (χ3v) is 4.50. The Balaban J connectivity index is 1.43. The Labute approximate surface area is 137 Å². The van der Waals surface area contributed by atoms with Crippen LogP contribution in [0.15, 0.2) is 47.3 Å². The van der Waals surface area contributed by atoms with Gasteiger partial charge in [0.25, 0.3) is 0 Å². The summed E-state index contributed by atoms with van der Waals surface area (Å²) in [7, 11) is 0. The Kier molecular flexibility index (Phi) is 5.10. The second-order valence-electron chi connectivity index (χ2n) is 6.54. The van der Waals surface area contributed by atoms with E-state index in [1.54, 1.807) is 19.3 Å². The number of rotatable bonds is 6. The summed E-state index contributed by atoms with van der Waals surface area (Å²) in [6.45, 7) is 5.39. The molecule has 1 atom stereocenters. The smallest absolute Gasteiger partial charge is 0.136 e. The normalized spacial score (nSPS) is 19.6. The molecule has 23 heavy (non-hydrogen) atoms. The predicted octanol–water partition coefficient (Wildman–Crippen LogP) is 2.14. The van der Waals surface area contributed by atoms with Crippen LogP contribution < -0.4 is 5.32 Å². The molecule has 3 heterocycles.